The van der Waals surface area contributed by atoms with Gasteiger partial charge in [-0.15, -0.1) is 12.4 Å². The fourth-order valence-corrected chi connectivity index (χ4v) is 4.02. The van der Waals surface area contributed by atoms with Crippen LogP contribution in [0.15, 0.2) is 41.1 Å². The van der Waals surface area contributed by atoms with E-state index in [1.54, 1.807) is 10.9 Å². The molecule has 1 aromatic heterocycles. The highest BCUT2D eigenvalue weighted by atomic mass is 79.9. The Balaban J connectivity index is 0.00000182. The molecule has 0 radical (unpaired) electrons. The lowest BCUT2D eigenvalue weighted by Crippen LogP contribution is -2.43. The van der Waals surface area contributed by atoms with Gasteiger partial charge in [-0.1, -0.05) is 15.9 Å². The second-order valence-electron chi connectivity index (χ2n) is 6.87. The van der Waals surface area contributed by atoms with Crippen LogP contribution in [0.5, 0.6) is 0 Å². The largest absolute Gasteiger partial charge is 0.339 e. The number of piperidine rings is 1. The number of benzene rings is 1. The summed E-state index contributed by atoms with van der Waals surface area (Å²) in [6, 6.07) is 7.89. The molecule has 1 spiro atoms. The van der Waals surface area contributed by atoms with Gasteiger partial charge in [0.05, 0.1) is 17.4 Å². The third kappa shape index (κ3) is 3.76. The summed E-state index contributed by atoms with van der Waals surface area (Å²) < 4.78 is 2.78. The molecule has 5 nitrogen and oxygen atoms in total. The quantitative estimate of drug-likeness (QED) is 0.803. The van der Waals surface area contributed by atoms with Gasteiger partial charge in [-0.25, -0.2) is 4.68 Å². The SMILES string of the molecule is Cl.O=C(c1cnn(-c2ccc(Br)cc2)c1)N1CCC2(CCNC2)CC1. The predicted molar refractivity (Wildman–Crippen MR) is 104 cm³/mol. The number of halogens is 2. The van der Waals surface area contributed by atoms with Gasteiger partial charge in [0.2, 0.25) is 0 Å². The second kappa shape index (κ2) is 7.48. The molecule has 25 heavy (non-hydrogen) atoms. The van der Waals surface area contributed by atoms with E-state index in [0.29, 0.717) is 11.0 Å². The van der Waals surface area contributed by atoms with E-state index in [1.807, 2.05) is 35.4 Å². The van der Waals surface area contributed by atoms with Crippen molar-refractivity contribution in [2.75, 3.05) is 26.2 Å². The maximum absolute atomic E-state index is 12.8. The van der Waals surface area contributed by atoms with E-state index < -0.39 is 0 Å². The van der Waals surface area contributed by atoms with Crippen molar-refractivity contribution in [1.82, 2.24) is 20.0 Å². The van der Waals surface area contributed by atoms with Gasteiger partial charge < -0.3 is 10.2 Å². The van der Waals surface area contributed by atoms with Gasteiger partial charge in [0.1, 0.15) is 0 Å². The molecule has 3 heterocycles. The maximum atomic E-state index is 12.8. The molecular weight excluding hydrogens is 404 g/mol. The third-order valence-corrected chi connectivity index (χ3v) is 5.89. The zero-order chi connectivity index (χ0) is 16.6. The van der Waals surface area contributed by atoms with Crippen LogP contribution in [0.3, 0.4) is 0 Å². The first kappa shape index (κ1) is 18.4. The van der Waals surface area contributed by atoms with Crippen LogP contribution in [0, 0.1) is 5.41 Å². The first-order valence-electron chi connectivity index (χ1n) is 8.46. The molecule has 1 N–H and O–H groups in total. The predicted octanol–water partition coefficient (Wildman–Crippen LogP) is 3.27. The number of likely N-dealkylation sites (tertiary alicyclic amines) is 1. The molecule has 2 fully saturated rings. The van der Waals surface area contributed by atoms with Crippen molar-refractivity contribution in [3.8, 4) is 5.69 Å². The molecule has 134 valence electrons. The van der Waals surface area contributed by atoms with Crippen molar-refractivity contribution in [3.63, 3.8) is 0 Å². The summed E-state index contributed by atoms with van der Waals surface area (Å²) in [5, 5.41) is 7.81. The number of hydrogen-bond donors (Lipinski definition) is 1. The molecule has 1 amide bonds. The van der Waals surface area contributed by atoms with E-state index >= 15 is 0 Å². The summed E-state index contributed by atoms with van der Waals surface area (Å²) in [5.41, 5.74) is 2.04. The molecule has 4 rings (SSSR count). The topological polar surface area (TPSA) is 50.2 Å². The molecular formula is C18H22BrClN4O. The molecule has 0 unspecified atom stereocenters. The van der Waals surface area contributed by atoms with Crippen LogP contribution in [-0.2, 0) is 0 Å². The third-order valence-electron chi connectivity index (χ3n) is 5.36. The second-order valence-corrected chi connectivity index (χ2v) is 7.78. The summed E-state index contributed by atoms with van der Waals surface area (Å²) in [5.74, 6) is 0.0965. The summed E-state index contributed by atoms with van der Waals surface area (Å²) in [6.45, 7) is 3.93. The van der Waals surface area contributed by atoms with Crippen LogP contribution in [0.4, 0.5) is 0 Å². The molecule has 2 saturated heterocycles. The molecule has 2 aliphatic heterocycles. The number of amides is 1. The van der Waals surface area contributed by atoms with Gasteiger partial charge in [0, 0.05) is 30.3 Å². The number of carbonyl (C=O) groups excluding carboxylic acids is 1. The van der Waals surface area contributed by atoms with Gasteiger partial charge in [0.25, 0.3) is 5.91 Å². The molecule has 0 bridgehead atoms. The molecule has 0 saturated carbocycles. The summed E-state index contributed by atoms with van der Waals surface area (Å²) in [4.78, 5) is 14.7. The van der Waals surface area contributed by atoms with Crippen molar-refractivity contribution in [1.29, 1.82) is 0 Å². The van der Waals surface area contributed by atoms with Crippen LogP contribution >= 0.6 is 28.3 Å². The molecule has 2 aromatic rings. The van der Waals surface area contributed by atoms with Crippen molar-refractivity contribution < 1.29 is 4.79 Å². The first-order valence-corrected chi connectivity index (χ1v) is 9.25. The van der Waals surface area contributed by atoms with Crippen molar-refractivity contribution in [2.45, 2.75) is 19.3 Å². The van der Waals surface area contributed by atoms with Crippen molar-refractivity contribution >= 4 is 34.2 Å². The number of carbonyl (C=O) groups is 1. The molecule has 7 heteroatoms. The Morgan fingerprint density at radius 1 is 1.16 bits per heavy atom. The number of aromatic nitrogens is 2. The lowest BCUT2D eigenvalue weighted by Gasteiger charge is -2.38. The van der Waals surface area contributed by atoms with Crippen LogP contribution in [-0.4, -0.2) is 46.8 Å². The van der Waals surface area contributed by atoms with E-state index in [9.17, 15) is 4.79 Å². The summed E-state index contributed by atoms with van der Waals surface area (Å²) >= 11 is 3.43. The summed E-state index contributed by atoms with van der Waals surface area (Å²) in [7, 11) is 0. The smallest absolute Gasteiger partial charge is 0.257 e. The highest BCUT2D eigenvalue weighted by Gasteiger charge is 2.38. The van der Waals surface area contributed by atoms with Gasteiger partial charge in [-0.2, -0.15) is 5.10 Å². The van der Waals surface area contributed by atoms with Crippen LogP contribution in [0.25, 0.3) is 5.69 Å². The minimum absolute atomic E-state index is 0. The lowest BCUT2D eigenvalue weighted by molar-refractivity contribution is 0.0607. The van der Waals surface area contributed by atoms with Gasteiger partial charge in [-0.3, -0.25) is 4.79 Å². The zero-order valence-electron chi connectivity index (χ0n) is 13.9. The van der Waals surface area contributed by atoms with Crippen LogP contribution < -0.4 is 5.32 Å². The molecule has 0 aliphatic carbocycles. The van der Waals surface area contributed by atoms with Gasteiger partial charge in [-0.05, 0) is 55.5 Å². The highest BCUT2D eigenvalue weighted by molar-refractivity contribution is 9.10. The molecule has 0 atom stereocenters. The van der Waals surface area contributed by atoms with E-state index in [2.05, 4.69) is 26.3 Å². The number of rotatable bonds is 2. The van der Waals surface area contributed by atoms with E-state index in [-0.39, 0.29) is 18.3 Å². The van der Waals surface area contributed by atoms with Gasteiger partial charge >= 0.3 is 0 Å². The number of nitrogens with one attached hydrogen (secondary N) is 1. The van der Waals surface area contributed by atoms with E-state index in [1.165, 1.54) is 6.42 Å². The normalized spacial score (nSPS) is 19.0. The molecule has 2 aliphatic rings. The van der Waals surface area contributed by atoms with Crippen molar-refractivity contribution in [2.24, 2.45) is 5.41 Å². The maximum Gasteiger partial charge on any atom is 0.257 e. The Kier molecular flexibility index (Phi) is 5.51. The zero-order valence-corrected chi connectivity index (χ0v) is 16.4. The summed E-state index contributed by atoms with van der Waals surface area (Å²) in [6.07, 6.45) is 6.95. The van der Waals surface area contributed by atoms with Crippen LogP contribution in [0.2, 0.25) is 0 Å². The van der Waals surface area contributed by atoms with Gasteiger partial charge in [0.15, 0.2) is 0 Å². The Hall–Kier alpha value is -1.37. The average molecular weight is 426 g/mol. The Bertz CT molecular complexity index is 730. The fraction of sp³-hybridized carbons (Fsp3) is 0.444. The highest BCUT2D eigenvalue weighted by Crippen LogP contribution is 2.37. The van der Waals surface area contributed by atoms with E-state index in [0.717, 1.165) is 49.2 Å². The number of nitrogens with zero attached hydrogens (tertiary/aromatic N) is 3. The average Bonchev–Trinajstić information content (AvgIpc) is 3.26. The minimum Gasteiger partial charge on any atom is -0.339 e. The van der Waals surface area contributed by atoms with Crippen LogP contribution in [0.1, 0.15) is 29.6 Å². The molecule has 1 aromatic carbocycles. The van der Waals surface area contributed by atoms with E-state index in [4.69, 9.17) is 0 Å². The minimum atomic E-state index is 0. The first-order chi connectivity index (χ1) is 11.7. The Morgan fingerprint density at radius 3 is 2.52 bits per heavy atom. The fourth-order valence-electron chi connectivity index (χ4n) is 3.76. The number of hydrogen-bond acceptors (Lipinski definition) is 3. The van der Waals surface area contributed by atoms with Crippen molar-refractivity contribution in [3.05, 3.63) is 46.7 Å². The Morgan fingerprint density at radius 2 is 1.88 bits per heavy atom. The Labute approximate surface area is 162 Å². The standard InChI is InChI=1S/C18H21BrN4O.ClH/c19-15-1-3-16(4-2-15)23-12-14(11-21-23)17(24)22-9-6-18(7-10-22)5-8-20-13-18;/h1-4,11-12,20H,5-10,13H2;1H. The monoisotopic (exact) mass is 424 g/mol. The lowest BCUT2D eigenvalue weighted by atomic mass is 9.78.